The van der Waals surface area contributed by atoms with Gasteiger partial charge < -0.3 is 21.1 Å². The molecule has 0 bridgehead atoms. The van der Waals surface area contributed by atoms with Crippen LogP contribution in [0.4, 0.5) is 11.4 Å². The van der Waals surface area contributed by atoms with Crippen molar-refractivity contribution in [2.24, 2.45) is 0 Å². The molecule has 0 saturated heterocycles. The summed E-state index contributed by atoms with van der Waals surface area (Å²) in [5.41, 5.74) is 7.60. The summed E-state index contributed by atoms with van der Waals surface area (Å²) in [6.45, 7) is 0.381. The highest BCUT2D eigenvalue weighted by Crippen LogP contribution is 2.20. The molecule has 1 aromatic carbocycles. The zero-order chi connectivity index (χ0) is 13.1. The monoisotopic (exact) mass is 265 g/mol. The molecule has 0 amide bonds. The Hall–Kier alpha value is -2.28. The fourth-order valence-electron chi connectivity index (χ4n) is 1.43. The number of rotatable bonds is 4. The molecule has 18 heavy (non-hydrogen) atoms. The maximum Gasteiger partial charge on any atom is 0.335 e. The van der Waals surface area contributed by atoms with Crippen LogP contribution in [0.25, 0.3) is 0 Å². The van der Waals surface area contributed by atoms with Crippen LogP contribution >= 0.6 is 11.3 Å². The van der Waals surface area contributed by atoms with Crippen LogP contribution in [0.1, 0.15) is 16.1 Å². The van der Waals surface area contributed by atoms with E-state index in [4.69, 9.17) is 10.8 Å². The Morgan fingerprint density at radius 3 is 2.89 bits per heavy atom. The molecule has 0 aliphatic heterocycles. The molecule has 1 aromatic heterocycles. The minimum Gasteiger partial charge on any atom is -0.478 e. The lowest BCUT2D eigenvalue weighted by Crippen LogP contribution is -2.06. The second-order valence-electron chi connectivity index (χ2n) is 3.63. The van der Waals surface area contributed by atoms with Crippen molar-refractivity contribution in [3.63, 3.8) is 0 Å². The smallest absolute Gasteiger partial charge is 0.335 e. The first-order chi connectivity index (χ1) is 8.56. The largest absolute Gasteiger partial charge is 0.478 e. The number of thiazole rings is 1. The summed E-state index contributed by atoms with van der Waals surface area (Å²) in [5.74, 6) is -1.01. The molecule has 2 rings (SSSR count). The molecule has 0 radical (unpaired) electrons. The quantitative estimate of drug-likeness (QED) is 0.624. The third-order valence-electron chi connectivity index (χ3n) is 2.34. The zero-order valence-corrected chi connectivity index (χ0v) is 10.1. The maximum absolute atomic E-state index is 10.9. The van der Waals surface area contributed by atoms with Crippen LogP contribution in [0.15, 0.2) is 28.4 Å². The molecule has 0 aliphatic rings. The van der Waals surface area contributed by atoms with E-state index in [0.717, 1.165) is 17.0 Å². The van der Waals surface area contributed by atoms with Gasteiger partial charge in [-0.3, -0.25) is 4.79 Å². The summed E-state index contributed by atoms with van der Waals surface area (Å²) in [5, 5.41) is 13.6. The molecule has 0 fully saturated rings. The maximum atomic E-state index is 10.9. The number of carboxylic acids is 1. The third-order valence-corrected chi connectivity index (χ3v) is 3.06. The van der Waals surface area contributed by atoms with Crippen LogP contribution in [0.2, 0.25) is 0 Å². The van der Waals surface area contributed by atoms with E-state index >= 15 is 0 Å². The van der Waals surface area contributed by atoms with Crippen molar-refractivity contribution in [2.75, 3.05) is 11.1 Å². The van der Waals surface area contributed by atoms with Crippen molar-refractivity contribution >= 4 is 28.7 Å². The highest BCUT2D eigenvalue weighted by atomic mass is 32.1. The molecular formula is C11H11N3O3S. The number of hydrogen-bond donors (Lipinski definition) is 4. The molecular weight excluding hydrogens is 254 g/mol. The Bertz CT molecular complexity index is 632. The molecule has 2 aromatic rings. The summed E-state index contributed by atoms with van der Waals surface area (Å²) in [6.07, 6.45) is 0. The molecule has 1 heterocycles. The Labute approximate surface area is 106 Å². The predicted molar refractivity (Wildman–Crippen MR) is 70.1 cm³/mol. The second kappa shape index (κ2) is 4.92. The second-order valence-corrected chi connectivity index (χ2v) is 4.48. The van der Waals surface area contributed by atoms with Crippen molar-refractivity contribution in [3.8, 4) is 0 Å². The van der Waals surface area contributed by atoms with Crippen molar-refractivity contribution < 1.29 is 9.90 Å². The highest BCUT2D eigenvalue weighted by Gasteiger charge is 2.06. The van der Waals surface area contributed by atoms with Gasteiger partial charge in [-0.05, 0) is 18.2 Å². The van der Waals surface area contributed by atoms with Crippen LogP contribution in [0.3, 0.4) is 0 Å². The van der Waals surface area contributed by atoms with Gasteiger partial charge in [0.2, 0.25) is 0 Å². The average molecular weight is 265 g/mol. The first kappa shape index (κ1) is 12.2. The molecule has 0 saturated carbocycles. The lowest BCUT2D eigenvalue weighted by atomic mass is 10.1. The van der Waals surface area contributed by atoms with Crippen molar-refractivity contribution in [2.45, 2.75) is 6.54 Å². The van der Waals surface area contributed by atoms with Crippen LogP contribution in [0.5, 0.6) is 0 Å². The van der Waals surface area contributed by atoms with Crippen molar-refractivity contribution in [1.82, 2.24) is 4.98 Å². The summed E-state index contributed by atoms with van der Waals surface area (Å²) >= 11 is 1.08. The number of nitrogens with one attached hydrogen (secondary N) is 2. The Balaban J connectivity index is 2.15. The van der Waals surface area contributed by atoms with Gasteiger partial charge in [0.25, 0.3) is 0 Å². The highest BCUT2D eigenvalue weighted by molar-refractivity contribution is 7.07. The normalized spacial score (nSPS) is 10.2. The van der Waals surface area contributed by atoms with E-state index < -0.39 is 5.97 Å². The van der Waals surface area contributed by atoms with Crippen molar-refractivity contribution in [1.29, 1.82) is 0 Å². The van der Waals surface area contributed by atoms with Gasteiger partial charge in [-0.2, -0.15) is 0 Å². The van der Waals surface area contributed by atoms with E-state index in [-0.39, 0.29) is 10.4 Å². The van der Waals surface area contributed by atoms with Crippen LogP contribution in [-0.2, 0) is 6.54 Å². The van der Waals surface area contributed by atoms with Gasteiger partial charge in [0, 0.05) is 11.1 Å². The minimum absolute atomic E-state index is 0.126. The summed E-state index contributed by atoms with van der Waals surface area (Å²) in [7, 11) is 0. The topological polar surface area (TPSA) is 108 Å². The van der Waals surface area contributed by atoms with Crippen LogP contribution in [-0.4, -0.2) is 16.1 Å². The Morgan fingerprint density at radius 1 is 1.50 bits per heavy atom. The number of aromatic amines is 1. The molecule has 0 aliphatic carbocycles. The number of carboxylic acid groups (broad SMARTS) is 1. The van der Waals surface area contributed by atoms with Gasteiger partial charge in [0.05, 0.1) is 23.5 Å². The summed E-state index contributed by atoms with van der Waals surface area (Å²) in [4.78, 5) is 24.3. The summed E-state index contributed by atoms with van der Waals surface area (Å²) in [6, 6.07) is 4.43. The number of carbonyl (C=O) groups is 1. The number of nitrogen functional groups attached to an aromatic ring is 1. The number of benzene rings is 1. The molecule has 7 heteroatoms. The molecule has 5 N–H and O–H groups in total. The molecule has 94 valence electrons. The van der Waals surface area contributed by atoms with Gasteiger partial charge >= 0.3 is 10.8 Å². The molecule has 0 atom stereocenters. The average Bonchev–Trinajstić information content (AvgIpc) is 2.74. The summed E-state index contributed by atoms with van der Waals surface area (Å²) < 4.78 is 0. The van der Waals surface area contributed by atoms with E-state index in [1.165, 1.54) is 18.2 Å². The van der Waals surface area contributed by atoms with E-state index in [0.29, 0.717) is 17.9 Å². The lowest BCUT2D eigenvalue weighted by molar-refractivity contribution is 0.0697. The fourth-order valence-corrected chi connectivity index (χ4v) is 2.01. The van der Waals surface area contributed by atoms with E-state index in [1.54, 1.807) is 5.38 Å². The third kappa shape index (κ3) is 2.69. The van der Waals surface area contributed by atoms with Gasteiger partial charge in [0.1, 0.15) is 0 Å². The standard InChI is InChI=1S/C11H11N3O3S/c12-8-2-1-6(10(15)16)3-9(8)13-4-7-5-18-11(17)14-7/h1-3,5,13H,4,12H2,(H,14,17)(H,15,16). The number of nitrogens with two attached hydrogens (primary N) is 1. The molecule has 6 nitrogen and oxygen atoms in total. The molecule has 0 unspecified atom stereocenters. The van der Waals surface area contributed by atoms with Crippen LogP contribution in [0, 0.1) is 0 Å². The number of aromatic carboxylic acids is 1. The first-order valence-electron chi connectivity index (χ1n) is 5.09. The van der Waals surface area contributed by atoms with Crippen LogP contribution < -0.4 is 15.9 Å². The SMILES string of the molecule is Nc1ccc(C(=O)O)cc1NCc1csc(=O)[nH]1. The predicted octanol–water partition coefficient (Wildman–Crippen LogP) is 1.33. The minimum atomic E-state index is -1.01. The van der Waals surface area contributed by atoms with Gasteiger partial charge in [-0.25, -0.2) is 4.79 Å². The van der Waals surface area contributed by atoms with Crippen molar-refractivity contribution in [3.05, 3.63) is 44.5 Å². The van der Waals surface area contributed by atoms with E-state index in [9.17, 15) is 9.59 Å². The zero-order valence-electron chi connectivity index (χ0n) is 9.27. The lowest BCUT2D eigenvalue weighted by Gasteiger charge is -2.09. The first-order valence-corrected chi connectivity index (χ1v) is 5.97. The van der Waals surface area contributed by atoms with Gasteiger partial charge in [0.15, 0.2) is 0 Å². The van der Waals surface area contributed by atoms with E-state index in [2.05, 4.69) is 10.3 Å². The number of hydrogen-bond acceptors (Lipinski definition) is 5. The number of anilines is 2. The Kier molecular flexibility index (Phi) is 3.33. The molecule has 0 spiro atoms. The Morgan fingerprint density at radius 2 is 2.28 bits per heavy atom. The fraction of sp³-hybridized carbons (Fsp3) is 0.0909. The van der Waals surface area contributed by atoms with Gasteiger partial charge in [-0.15, -0.1) is 0 Å². The van der Waals surface area contributed by atoms with E-state index in [1.807, 2.05) is 0 Å². The number of H-pyrrole nitrogens is 1. The number of aromatic nitrogens is 1. The van der Waals surface area contributed by atoms with Gasteiger partial charge in [-0.1, -0.05) is 11.3 Å².